The van der Waals surface area contributed by atoms with Crippen molar-refractivity contribution in [2.24, 2.45) is 7.05 Å². The number of nitrogens with zero attached hydrogens (tertiary/aromatic N) is 2. The number of hydrogen-bond donors (Lipinski definition) is 1. The minimum absolute atomic E-state index is 0.128. The molecule has 2 rings (SSSR count). The maximum Gasteiger partial charge on any atom is 0.236 e. The van der Waals surface area contributed by atoms with Crippen LogP contribution in [0.1, 0.15) is 21.6 Å². The fourth-order valence-corrected chi connectivity index (χ4v) is 2.55. The Labute approximate surface area is 122 Å². The van der Waals surface area contributed by atoms with Crippen LogP contribution in [-0.4, -0.2) is 26.8 Å². The zero-order chi connectivity index (χ0) is 14.0. The molecule has 0 unspecified atom stereocenters. The summed E-state index contributed by atoms with van der Waals surface area (Å²) >= 11 is 4.54. The van der Waals surface area contributed by atoms with Gasteiger partial charge in [-0.15, -0.1) is 0 Å². The first-order valence-electron chi connectivity index (χ1n) is 5.51. The standard InChI is InChI=1S/C12H12BrN3O2S/c1-7-10(11(18)8-3-4-19-6-8)12(16(2)15-7)14-9(17)5-13/h3-4,6H,5H2,1-2H3,(H,14,17). The highest BCUT2D eigenvalue weighted by Crippen LogP contribution is 2.23. The third-order valence-corrected chi connectivity index (χ3v) is 3.80. The highest BCUT2D eigenvalue weighted by atomic mass is 79.9. The predicted octanol–water partition coefficient (Wildman–Crippen LogP) is 2.35. The molecule has 0 bridgehead atoms. The maximum absolute atomic E-state index is 12.4. The molecule has 0 aliphatic rings. The number of rotatable bonds is 4. The highest BCUT2D eigenvalue weighted by Gasteiger charge is 2.22. The van der Waals surface area contributed by atoms with Crippen molar-refractivity contribution in [2.75, 3.05) is 10.6 Å². The molecule has 0 radical (unpaired) electrons. The molecule has 0 aromatic carbocycles. The minimum atomic E-state index is -0.220. The number of hydrogen-bond acceptors (Lipinski definition) is 4. The van der Waals surface area contributed by atoms with Crippen LogP contribution in [0.2, 0.25) is 0 Å². The Morgan fingerprint density at radius 2 is 2.26 bits per heavy atom. The van der Waals surface area contributed by atoms with E-state index in [-0.39, 0.29) is 17.0 Å². The quantitative estimate of drug-likeness (QED) is 0.685. The van der Waals surface area contributed by atoms with Gasteiger partial charge in [-0.05, 0) is 18.4 Å². The minimum Gasteiger partial charge on any atom is -0.310 e. The number of aryl methyl sites for hydroxylation is 2. The summed E-state index contributed by atoms with van der Waals surface area (Å²) in [5, 5.41) is 10.7. The second-order valence-electron chi connectivity index (χ2n) is 3.96. The smallest absolute Gasteiger partial charge is 0.236 e. The molecule has 19 heavy (non-hydrogen) atoms. The van der Waals surface area contributed by atoms with Crippen LogP contribution in [0, 0.1) is 6.92 Å². The summed E-state index contributed by atoms with van der Waals surface area (Å²) in [5.41, 5.74) is 1.65. The van der Waals surface area contributed by atoms with Gasteiger partial charge in [0.1, 0.15) is 5.82 Å². The molecule has 7 heteroatoms. The van der Waals surface area contributed by atoms with Gasteiger partial charge < -0.3 is 5.32 Å². The molecule has 1 N–H and O–H groups in total. The molecule has 0 atom stereocenters. The Hall–Kier alpha value is -1.47. The average Bonchev–Trinajstić information content (AvgIpc) is 2.98. The van der Waals surface area contributed by atoms with Crippen LogP contribution in [0.3, 0.4) is 0 Å². The zero-order valence-corrected chi connectivity index (χ0v) is 12.8. The summed E-state index contributed by atoms with van der Waals surface area (Å²) in [6.45, 7) is 1.75. The Kier molecular flexibility index (Phi) is 4.16. The number of halogens is 1. The van der Waals surface area contributed by atoms with E-state index in [9.17, 15) is 9.59 Å². The number of alkyl halides is 1. The van der Waals surface area contributed by atoms with Crippen molar-refractivity contribution < 1.29 is 9.59 Å². The topological polar surface area (TPSA) is 64.0 Å². The lowest BCUT2D eigenvalue weighted by atomic mass is 10.1. The lowest BCUT2D eigenvalue weighted by Gasteiger charge is -2.06. The molecule has 0 spiro atoms. The van der Waals surface area contributed by atoms with Gasteiger partial charge in [-0.3, -0.25) is 14.3 Å². The molecule has 0 aliphatic carbocycles. The number of anilines is 1. The van der Waals surface area contributed by atoms with Crippen LogP contribution >= 0.6 is 27.3 Å². The van der Waals surface area contributed by atoms with Crippen LogP contribution in [0.15, 0.2) is 16.8 Å². The second-order valence-corrected chi connectivity index (χ2v) is 5.30. The van der Waals surface area contributed by atoms with Crippen LogP contribution in [0.4, 0.5) is 5.82 Å². The van der Waals surface area contributed by atoms with E-state index in [1.165, 1.54) is 16.0 Å². The summed E-state index contributed by atoms with van der Waals surface area (Å²) in [6, 6.07) is 1.76. The number of aromatic nitrogens is 2. The molecule has 0 aliphatic heterocycles. The largest absolute Gasteiger partial charge is 0.310 e. The summed E-state index contributed by atoms with van der Waals surface area (Å²) in [7, 11) is 1.70. The van der Waals surface area contributed by atoms with Gasteiger partial charge in [0.05, 0.1) is 16.6 Å². The van der Waals surface area contributed by atoms with E-state index in [1.54, 1.807) is 25.4 Å². The summed E-state index contributed by atoms with van der Waals surface area (Å²) in [6.07, 6.45) is 0. The van der Waals surface area contributed by atoms with Gasteiger partial charge in [-0.1, -0.05) is 15.9 Å². The average molecular weight is 342 g/mol. The number of ketones is 1. The van der Waals surface area contributed by atoms with Crippen molar-refractivity contribution in [3.05, 3.63) is 33.6 Å². The molecule has 0 saturated heterocycles. The Morgan fingerprint density at radius 1 is 1.53 bits per heavy atom. The Bertz CT molecular complexity index is 619. The number of amides is 1. The van der Waals surface area contributed by atoms with Crippen LogP contribution in [0.25, 0.3) is 0 Å². The van der Waals surface area contributed by atoms with Crippen molar-refractivity contribution in [2.45, 2.75) is 6.92 Å². The van der Waals surface area contributed by atoms with E-state index >= 15 is 0 Å². The molecular weight excluding hydrogens is 330 g/mol. The van der Waals surface area contributed by atoms with E-state index in [0.717, 1.165) is 0 Å². The third kappa shape index (κ3) is 2.76. The molecule has 2 heterocycles. The van der Waals surface area contributed by atoms with Gasteiger partial charge in [-0.2, -0.15) is 16.4 Å². The molecular formula is C12H12BrN3O2S. The van der Waals surface area contributed by atoms with E-state index in [4.69, 9.17) is 0 Å². The zero-order valence-electron chi connectivity index (χ0n) is 10.4. The van der Waals surface area contributed by atoms with Gasteiger partial charge in [0, 0.05) is 18.0 Å². The fourth-order valence-electron chi connectivity index (χ4n) is 1.78. The lowest BCUT2D eigenvalue weighted by Crippen LogP contribution is -2.17. The monoisotopic (exact) mass is 341 g/mol. The fraction of sp³-hybridized carbons (Fsp3) is 0.250. The number of nitrogens with one attached hydrogen (secondary N) is 1. The first-order chi connectivity index (χ1) is 9.04. The van der Waals surface area contributed by atoms with Gasteiger partial charge >= 0.3 is 0 Å². The van der Waals surface area contributed by atoms with E-state index in [0.29, 0.717) is 22.6 Å². The second kappa shape index (κ2) is 5.66. The molecule has 0 saturated carbocycles. The lowest BCUT2D eigenvalue weighted by molar-refractivity contribution is -0.113. The molecule has 0 fully saturated rings. The van der Waals surface area contributed by atoms with Crippen molar-refractivity contribution in [3.63, 3.8) is 0 Å². The van der Waals surface area contributed by atoms with Gasteiger partial charge in [0.2, 0.25) is 5.91 Å². The number of carbonyl (C=O) groups is 2. The molecule has 1 amide bonds. The number of thiophene rings is 1. The molecule has 2 aromatic heterocycles. The Balaban J connectivity index is 2.44. The molecule has 2 aromatic rings. The molecule has 5 nitrogen and oxygen atoms in total. The number of carbonyl (C=O) groups excluding carboxylic acids is 2. The van der Waals surface area contributed by atoms with Crippen molar-refractivity contribution in [1.29, 1.82) is 0 Å². The van der Waals surface area contributed by atoms with Crippen LogP contribution in [-0.2, 0) is 11.8 Å². The van der Waals surface area contributed by atoms with E-state index in [1.807, 2.05) is 5.38 Å². The Morgan fingerprint density at radius 3 is 2.84 bits per heavy atom. The third-order valence-electron chi connectivity index (χ3n) is 2.61. The van der Waals surface area contributed by atoms with E-state index < -0.39 is 0 Å². The van der Waals surface area contributed by atoms with Crippen molar-refractivity contribution >= 4 is 44.8 Å². The normalized spacial score (nSPS) is 10.5. The van der Waals surface area contributed by atoms with Gasteiger partial charge in [0.15, 0.2) is 5.78 Å². The highest BCUT2D eigenvalue weighted by molar-refractivity contribution is 9.09. The summed E-state index contributed by atoms with van der Waals surface area (Å²) in [4.78, 5) is 23.9. The maximum atomic E-state index is 12.4. The van der Waals surface area contributed by atoms with Crippen molar-refractivity contribution in [1.82, 2.24) is 9.78 Å². The van der Waals surface area contributed by atoms with Crippen molar-refractivity contribution in [3.8, 4) is 0 Å². The summed E-state index contributed by atoms with van der Waals surface area (Å²) in [5.74, 6) is 0.0808. The predicted molar refractivity (Wildman–Crippen MR) is 78.1 cm³/mol. The van der Waals surface area contributed by atoms with Crippen LogP contribution < -0.4 is 5.32 Å². The summed E-state index contributed by atoms with van der Waals surface area (Å²) < 4.78 is 1.51. The molecule has 100 valence electrons. The van der Waals surface area contributed by atoms with Gasteiger partial charge in [-0.25, -0.2) is 0 Å². The van der Waals surface area contributed by atoms with Crippen LogP contribution in [0.5, 0.6) is 0 Å². The SMILES string of the molecule is Cc1nn(C)c(NC(=O)CBr)c1C(=O)c1ccsc1. The first-order valence-corrected chi connectivity index (χ1v) is 7.57. The first kappa shape index (κ1) is 14.0. The van der Waals surface area contributed by atoms with Gasteiger partial charge in [0.25, 0.3) is 0 Å². The van der Waals surface area contributed by atoms with E-state index in [2.05, 4.69) is 26.3 Å².